The molecule has 0 radical (unpaired) electrons. The first-order valence-electron chi connectivity index (χ1n) is 8.78. The summed E-state index contributed by atoms with van der Waals surface area (Å²) in [5, 5.41) is 9.76. The first-order valence-corrected chi connectivity index (χ1v) is 9.66. The Balaban J connectivity index is 1.45. The largest absolute Gasteiger partial charge is 0.396 e. The summed E-state index contributed by atoms with van der Waals surface area (Å²) >= 11 is 1.55. The number of aliphatic hydroxyl groups excluding tert-OH is 1. The van der Waals surface area contributed by atoms with Gasteiger partial charge in [0.15, 0.2) is 0 Å². The summed E-state index contributed by atoms with van der Waals surface area (Å²) in [4.78, 5) is 21.5. The Labute approximate surface area is 151 Å². The van der Waals surface area contributed by atoms with Gasteiger partial charge in [0.25, 0.3) is 5.91 Å². The van der Waals surface area contributed by atoms with Crippen LogP contribution in [0.1, 0.15) is 10.4 Å². The molecule has 1 amide bonds. The highest BCUT2D eigenvalue weighted by molar-refractivity contribution is 7.16. The van der Waals surface area contributed by atoms with Crippen molar-refractivity contribution in [3.8, 4) is 0 Å². The predicted octanol–water partition coefficient (Wildman–Crippen LogP) is 1.31. The van der Waals surface area contributed by atoms with E-state index in [1.165, 1.54) is 0 Å². The summed E-state index contributed by atoms with van der Waals surface area (Å²) in [6, 6.07) is 5.69. The summed E-state index contributed by atoms with van der Waals surface area (Å²) in [6.45, 7) is 5.81. The second kappa shape index (κ2) is 7.37. The number of thiazole rings is 1. The van der Waals surface area contributed by atoms with E-state index in [0.717, 1.165) is 43.1 Å². The number of benzene rings is 1. The van der Waals surface area contributed by atoms with Crippen molar-refractivity contribution in [1.29, 1.82) is 0 Å². The molecule has 0 saturated carbocycles. The van der Waals surface area contributed by atoms with Gasteiger partial charge in [0, 0.05) is 50.8 Å². The molecule has 2 aromatic rings. The number of fused-ring (bicyclic) bond motifs is 1. The summed E-state index contributed by atoms with van der Waals surface area (Å²) in [5.74, 6) is 0.524. The summed E-state index contributed by atoms with van der Waals surface area (Å²) in [6.07, 6.45) is 0. The average Bonchev–Trinajstić information content (AvgIpc) is 3.28. The third kappa shape index (κ3) is 3.55. The molecule has 2 aliphatic rings. The molecule has 2 saturated heterocycles. The van der Waals surface area contributed by atoms with Gasteiger partial charge >= 0.3 is 0 Å². The maximum atomic E-state index is 12.9. The molecular weight excluding hydrogens is 338 g/mol. The molecule has 0 aliphatic carbocycles. The zero-order valence-electron chi connectivity index (χ0n) is 14.1. The molecule has 134 valence electrons. The molecule has 7 heteroatoms. The fourth-order valence-electron chi connectivity index (χ4n) is 3.80. The number of carbonyl (C=O) groups excluding carboxylic acids is 1. The van der Waals surface area contributed by atoms with Gasteiger partial charge in [-0.3, -0.25) is 9.69 Å². The smallest absolute Gasteiger partial charge is 0.253 e. The summed E-state index contributed by atoms with van der Waals surface area (Å²) in [7, 11) is 0. The van der Waals surface area contributed by atoms with Crippen molar-refractivity contribution in [3.05, 3.63) is 29.3 Å². The molecule has 2 atom stereocenters. The van der Waals surface area contributed by atoms with E-state index in [0.29, 0.717) is 24.6 Å². The first-order chi connectivity index (χ1) is 12.2. The Bertz CT molecular complexity index is 744. The van der Waals surface area contributed by atoms with Gasteiger partial charge in [-0.05, 0) is 24.1 Å². The Morgan fingerprint density at radius 1 is 1.28 bits per heavy atom. The fraction of sp³-hybridized carbons (Fsp3) is 0.556. The van der Waals surface area contributed by atoms with E-state index in [9.17, 15) is 9.90 Å². The average molecular weight is 361 g/mol. The van der Waals surface area contributed by atoms with Crippen LogP contribution in [0.2, 0.25) is 0 Å². The van der Waals surface area contributed by atoms with Gasteiger partial charge in [0.05, 0.1) is 28.9 Å². The van der Waals surface area contributed by atoms with Crippen molar-refractivity contribution in [2.24, 2.45) is 11.8 Å². The van der Waals surface area contributed by atoms with Crippen LogP contribution in [0.5, 0.6) is 0 Å². The molecule has 1 aromatic carbocycles. The molecule has 25 heavy (non-hydrogen) atoms. The second-order valence-corrected chi connectivity index (χ2v) is 7.75. The van der Waals surface area contributed by atoms with Crippen LogP contribution in [-0.2, 0) is 4.74 Å². The van der Waals surface area contributed by atoms with Crippen molar-refractivity contribution < 1.29 is 14.6 Å². The molecule has 6 nitrogen and oxygen atoms in total. The van der Waals surface area contributed by atoms with E-state index in [-0.39, 0.29) is 18.4 Å². The van der Waals surface area contributed by atoms with Crippen molar-refractivity contribution in [2.45, 2.75) is 0 Å². The highest BCUT2D eigenvalue weighted by Crippen LogP contribution is 2.27. The third-order valence-electron chi connectivity index (χ3n) is 5.27. The number of hydrogen-bond donors (Lipinski definition) is 1. The lowest BCUT2D eigenvalue weighted by Crippen LogP contribution is -2.41. The number of morpholine rings is 1. The van der Waals surface area contributed by atoms with Gasteiger partial charge in [0.1, 0.15) is 0 Å². The SMILES string of the molecule is O=C(c1ccc2ncsc2c1)N1CC(CO)C(CN2CCOCC2)C1. The van der Waals surface area contributed by atoms with Gasteiger partial charge in [-0.15, -0.1) is 11.3 Å². The minimum Gasteiger partial charge on any atom is -0.396 e. The minimum absolute atomic E-state index is 0.0539. The normalized spacial score (nSPS) is 24.9. The van der Waals surface area contributed by atoms with Gasteiger partial charge in [-0.2, -0.15) is 0 Å². The van der Waals surface area contributed by atoms with Crippen LogP contribution < -0.4 is 0 Å². The zero-order valence-corrected chi connectivity index (χ0v) is 15.0. The number of hydrogen-bond acceptors (Lipinski definition) is 6. The van der Waals surface area contributed by atoms with Gasteiger partial charge < -0.3 is 14.7 Å². The molecule has 2 fully saturated rings. The van der Waals surface area contributed by atoms with Gasteiger partial charge in [-0.1, -0.05) is 0 Å². The predicted molar refractivity (Wildman–Crippen MR) is 96.8 cm³/mol. The maximum absolute atomic E-state index is 12.9. The third-order valence-corrected chi connectivity index (χ3v) is 6.06. The fourth-order valence-corrected chi connectivity index (χ4v) is 4.52. The van der Waals surface area contributed by atoms with Gasteiger partial charge in [0.2, 0.25) is 0 Å². The number of aliphatic hydroxyl groups is 1. The molecule has 1 aromatic heterocycles. The van der Waals surface area contributed by atoms with Crippen LogP contribution in [0.3, 0.4) is 0 Å². The Morgan fingerprint density at radius 3 is 2.88 bits per heavy atom. The van der Waals surface area contributed by atoms with Crippen molar-refractivity contribution in [2.75, 3.05) is 52.5 Å². The van der Waals surface area contributed by atoms with E-state index >= 15 is 0 Å². The summed E-state index contributed by atoms with van der Waals surface area (Å²) < 4.78 is 6.44. The molecular formula is C18H23N3O3S. The highest BCUT2D eigenvalue weighted by Gasteiger charge is 2.36. The lowest BCUT2D eigenvalue weighted by Gasteiger charge is -2.30. The van der Waals surface area contributed by atoms with Crippen molar-refractivity contribution in [3.63, 3.8) is 0 Å². The monoisotopic (exact) mass is 361 g/mol. The van der Waals surface area contributed by atoms with E-state index < -0.39 is 0 Å². The Kier molecular flexibility index (Phi) is 4.98. The molecule has 2 unspecified atom stereocenters. The van der Waals surface area contributed by atoms with Crippen molar-refractivity contribution in [1.82, 2.24) is 14.8 Å². The second-order valence-electron chi connectivity index (χ2n) is 6.86. The van der Waals surface area contributed by atoms with Gasteiger partial charge in [-0.25, -0.2) is 4.98 Å². The molecule has 4 rings (SSSR count). The van der Waals surface area contributed by atoms with Crippen LogP contribution in [0.4, 0.5) is 0 Å². The van der Waals surface area contributed by atoms with E-state index in [2.05, 4.69) is 9.88 Å². The Hall–Kier alpha value is -1.54. The van der Waals surface area contributed by atoms with E-state index in [1.54, 1.807) is 16.8 Å². The van der Waals surface area contributed by atoms with E-state index in [1.807, 2.05) is 23.1 Å². The molecule has 3 heterocycles. The van der Waals surface area contributed by atoms with Crippen LogP contribution in [-0.4, -0.2) is 78.3 Å². The van der Waals surface area contributed by atoms with Crippen molar-refractivity contribution >= 4 is 27.5 Å². The Morgan fingerprint density at radius 2 is 2.08 bits per heavy atom. The van der Waals surface area contributed by atoms with Crippen LogP contribution in [0.25, 0.3) is 10.2 Å². The maximum Gasteiger partial charge on any atom is 0.253 e. The molecule has 0 spiro atoms. The lowest BCUT2D eigenvalue weighted by molar-refractivity contribution is 0.0264. The summed E-state index contributed by atoms with van der Waals surface area (Å²) in [5.41, 5.74) is 3.44. The number of rotatable bonds is 4. The standard InChI is InChI=1S/C18H23N3O3S/c22-11-15-10-21(9-14(15)8-20-3-5-24-6-4-20)18(23)13-1-2-16-17(7-13)25-12-19-16/h1-2,7,12,14-15,22H,3-6,8-11H2. The number of carbonyl (C=O) groups is 1. The number of ether oxygens (including phenoxy) is 1. The zero-order chi connectivity index (χ0) is 17.2. The topological polar surface area (TPSA) is 65.9 Å². The number of amides is 1. The van der Waals surface area contributed by atoms with Crippen LogP contribution in [0, 0.1) is 11.8 Å². The molecule has 2 aliphatic heterocycles. The minimum atomic E-state index is 0.0539. The first kappa shape index (κ1) is 16.9. The van der Waals surface area contributed by atoms with Crippen LogP contribution in [0.15, 0.2) is 23.7 Å². The number of nitrogens with zero attached hydrogens (tertiary/aromatic N) is 3. The lowest BCUT2D eigenvalue weighted by atomic mass is 9.96. The van der Waals surface area contributed by atoms with E-state index in [4.69, 9.17) is 4.74 Å². The molecule has 0 bridgehead atoms. The highest BCUT2D eigenvalue weighted by atomic mass is 32.1. The molecule has 1 N–H and O–H groups in total. The van der Waals surface area contributed by atoms with Crippen LogP contribution >= 0.6 is 11.3 Å². The quantitative estimate of drug-likeness (QED) is 0.889. The number of aromatic nitrogens is 1. The number of likely N-dealkylation sites (tertiary alicyclic amines) is 1.